The summed E-state index contributed by atoms with van der Waals surface area (Å²) in [5.41, 5.74) is 4.20. The lowest BCUT2D eigenvalue weighted by atomic mass is 9.93. The highest BCUT2D eigenvalue weighted by Gasteiger charge is 2.39. The van der Waals surface area contributed by atoms with Crippen molar-refractivity contribution in [2.45, 2.75) is 44.7 Å². The zero-order chi connectivity index (χ0) is 30.2. The van der Waals surface area contributed by atoms with E-state index < -0.39 is 11.9 Å². The standard InChI is InChI=1S/C35H33N5O4/c41-32-13-11-30(34(43)38-32)40-21-25-19-26(9-10-29(25)35(40)44)37-33(42)18-22-14-16-39(17-15-22)31-12-8-24(20-36-31)28-7-3-5-23-4-1-2-6-27(23)28/h1-10,12,19-20,22,30H,11,13-18,21H2,(H,37,42)(H,38,41,43). The van der Waals surface area contributed by atoms with E-state index in [1.54, 1.807) is 12.1 Å². The summed E-state index contributed by atoms with van der Waals surface area (Å²) in [5.74, 6) is 0.213. The summed E-state index contributed by atoms with van der Waals surface area (Å²) in [6.45, 7) is 1.96. The third kappa shape index (κ3) is 5.41. The molecule has 2 N–H and O–H groups in total. The molecule has 4 amide bonds. The maximum atomic E-state index is 12.9. The highest BCUT2D eigenvalue weighted by Crippen LogP contribution is 2.32. The molecule has 0 saturated carbocycles. The van der Waals surface area contributed by atoms with Gasteiger partial charge in [-0.3, -0.25) is 24.5 Å². The summed E-state index contributed by atoms with van der Waals surface area (Å²) in [6, 6.07) is 23.5. The predicted molar refractivity (Wildman–Crippen MR) is 168 cm³/mol. The number of hydrogen-bond donors (Lipinski definition) is 2. The summed E-state index contributed by atoms with van der Waals surface area (Å²) in [6.07, 6.45) is 4.72. The second kappa shape index (κ2) is 11.6. The van der Waals surface area contributed by atoms with Gasteiger partial charge < -0.3 is 15.1 Å². The van der Waals surface area contributed by atoms with Gasteiger partial charge in [-0.15, -0.1) is 0 Å². The second-order valence-electron chi connectivity index (χ2n) is 11.9. The number of hydrogen-bond acceptors (Lipinski definition) is 6. The van der Waals surface area contributed by atoms with Crippen LogP contribution < -0.4 is 15.5 Å². The molecule has 2 fully saturated rings. The van der Waals surface area contributed by atoms with E-state index in [0.29, 0.717) is 24.1 Å². The maximum absolute atomic E-state index is 12.9. The van der Waals surface area contributed by atoms with E-state index in [9.17, 15) is 19.2 Å². The molecular weight excluding hydrogens is 554 g/mol. The molecule has 0 radical (unpaired) electrons. The average molecular weight is 588 g/mol. The number of nitrogens with one attached hydrogen (secondary N) is 2. The fourth-order valence-electron chi connectivity index (χ4n) is 6.70. The second-order valence-corrected chi connectivity index (χ2v) is 11.9. The minimum absolute atomic E-state index is 0.0488. The van der Waals surface area contributed by atoms with E-state index >= 15 is 0 Å². The van der Waals surface area contributed by atoms with Gasteiger partial charge in [-0.1, -0.05) is 42.5 Å². The average Bonchev–Trinajstić information content (AvgIpc) is 3.36. The fourth-order valence-corrected chi connectivity index (χ4v) is 6.70. The molecule has 7 rings (SSSR count). The zero-order valence-electron chi connectivity index (χ0n) is 24.3. The Bertz CT molecular complexity index is 1770. The number of imide groups is 1. The number of fused-ring (bicyclic) bond motifs is 2. The maximum Gasteiger partial charge on any atom is 0.255 e. The smallest absolute Gasteiger partial charge is 0.255 e. The first-order valence-corrected chi connectivity index (χ1v) is 15.2. The molecule has 3 aliphatic rings. The molecule has 3 aromatic carbocycles. The zero-order valence-corrected chi connectivity index (χ0v) is 24.3. The third-order valence-corrected chi connectivity index (χ3v) is 9.07. The van der Waals surface area contributed by atoms with Gasteiger partial charge in [-0.25, -0.2) is 4.98 Å². The molecule has 0 spiro atoms. The van der Waals surface area contributed by atoms with Gasteiger partial charge in [-0.2, -0.15) is 0 Å². The minimum atomic E-state index is -0.658. The van der Waals surface area contributed by atoms with Crippen LogP contribution in [0.2, 0.25) is 0 Å². The van der Waals surface area contributed by atoms with Gasteiger partial charge in [0.15, 0.2) is 0 Å². The first-order chi connectivity index (χ1) is 21.4. The molecule has 222 valence electrons. The van der Waals surface area contributed by atoms with Crippen molar-refractivity contribution in [3.8, 4) is 11.1 Å². The van der Waals surface area contributed by atoms with E-state index in [2.05, 4.69) is 70.1 Å². The molecule has 9 nitrogen and oxygen atoms in total. The molecule has 4 heterocycles. The van der Waals surface area contributed by atoms with Crippen LogP contribution in [-0.2, 0) is 20.9 Å². The van der Waals surface area contributed by atoms with E-state index in [1.165, 1.54) is 21.2 Å². The molecule has 0 aliphatic carbocycles. The van der Waals surface area contributed by atoms with Crippen LogP contribution in [0.3, 0.4) is 0 Å². The molecule has 1 unspecified atom stereocenters. The van der Waals surface area contributed by atoms with Gasteiger partial charge in [0.1, 0.15) is 11.9 Å². The molecule has 0 bridgehead atoms. The molecule has 2 saturated heterocycles. The van der Waals surface area contributed by atoms with Crippen molar-refractivity contribution >= 4 is 45.9 Å². The van der Waals surface area contributed by atoms with Crippen molar-refractivity contribution in [2.24, 2.45) is 5.92 Å². The number of piperidine rings is 2. The van der Waals surface area contributed by atoms with Crippen molar-refractivity contribution in [2.75, 3.05) is 23.3 Å². The Balaban J connectivity index is 0.923. The third-order valence-electron chi connectivity index (χ3n) is 9.07. The topological polar surface area (TPSA) is 112 Å². The van der Waals surface area contributed by atoms with Crippen molar-refractivity contribution in [3.05, 3.63) is 90.1 Å². The van der Waals surface area contributed by atoms with Gasteiger partial charge in [0, 0.05) is 55.5 Å². The normalized spacial score (nSPS) is 18.8. The number of benzene rings is 3. The van der Waals surface area contributed by atoms with Crippen LogP contribution in [0.25, 0.3) is 21.9 Å². The molecule has 44 heavy (non-hydrogen) atoms. The first-order valence-electron chi connectivity index (χ1n) is 15.2. The number of pyridine rings is 1. The number of anilines is 2. The van der Waals surface area contributed by atoms with Gasteiger partial charge in [0.2, 0.25) is 17.7 Å². The first kappa shape index (κ1) is 27.8. The largest absolute Gasteiger partial charge is 0.357 e. The lowest BCUT2D eigenvalue weighted by Crippen LogP contribution is -2.52. The number of nitrogens with zero attached hydrogens (tertiary/aromatic N) is 3. The Labute approximate surface area is 255 Å². The number of carbonyl (C=O) groups is 4. The van der Waals surface area contributed by atoms with E-state index in [4.69, 9.17) is 4.98 Å². The molecule has 4 aromatic rings. The van der Waals surface area contributed by atoms with E-state index in [0.717, 1.165) is 42.9 Å². The highest BCUT2D eigenvalue weighted by atomic mass is 16.2. The molecule has 1 atom stereocenters. The van der Waals surface area contributed by atoms with Crippen LogP contribution in [0.4, 0.5) is 11.5 Å². The lowest BCUT2D eigenvalue weighted by molar-refractivity contribution is -0.137. The van der Waals surface area contributed by atoms with Crippen molar-refractivity contribution in [3.63, 3.8) is 0 Å². The molecule has 1 aromatic heterocycles. The van der Waals surface area contributed by atoms with Crippen molar-refractivity contribution in [1.82, 2.24) is 15.2 Å². The van der Waals surface area contributed by atoms with Crippen molar-refractivity contribution < 1.29 is 19.2 Å². The summed E-state index contributed by atoms with van der Waals surface area (Å²) >= 11 is 0. The molecular formula is C35H33N5O4. The SMILES string of the molecule is O=C1CCC(N2Cc3cc(NC(=O)CC4CCN(c5ccc(-c6cccc7ccccc67)cn5)CC4)ccc3C2=O)C(=O)N1. The summed E-state index contributed by atoms with van der Waals surface area (Å²) < 4.78 is 0. The van der Waals surface area contributed by atoms with Crippen LogP contribution in [0, 0.1) is 5.92 Å². The highest BCUT2D eigenvalue weighted by molar-refractivity contribution is 6.06. The Hall–Kier alpha value is -5.05. The quantitative estimate of drug-likeness (QED) is 0.310. The van der Waals surface area contributed by atoms with Gasteiger partial charge in [0.05, 0.1) is 0 Å². The molecule has 9 heteroatoms. The summed E-state index contributed by atoms with van der Waals surface area (Å²) in [7, 11) is 0. The Morgan fingerprint density at radius 2 is 1.73 bits per heavy atom. The van der Waals surface area contributed by atoms with Crippen molar-refractivity contribution in [1.29, 1.82) is 0 Å². The fraction of sp³-hybridized carbons (Fsp3) is 0.286. The van der Waals surface area contributed by atoms with Crippen LogP contribution in [0.1, 0.15) is 48.0 Å². The van der Waals surface area contributed by atoms with E-state index in [1.807, 2.05) is 12.3 Å². The number of amides is 4. The summed E-state index contributed by atoms with van der Waals surface area (Å²) in [4.78, 5) is 58.3. The number of carbonyl (C=O) groups excluding carboxylic acids is 4. The molecule has 3 aliphatic heterocycles. The van der Waals surface area contributed by atoms with Gasteiger partial charge in [0.25, 0.3) is 5.91 Å². The van der Waals surface area contributed by atoms with Crippen LogP contribution in [0.5, 0.6) is 0 Å². The Kier molecular flexibility index (Phi) is 7.29. The Morgan fingerprint density at radius 1 is 0.909 bits per heavy atom. The monoisotopic (exact) mass is 587 g/mol. The van der Waals surface area contributed by atoms with Crippen LogP contribution >= 0.6 is 0 Å². The van der Waals surface area contributed by atoms with Crippen LogP contribution in [0.15, 0.2) is 79.0 Å². The lowest BCUT2D eigenvalue weighted by Gasteiger charge is -2.32. The van der Waals surface area contributed by atoms with Crippen LogP contribution in [-0.4, -0.2) is 52.6 Å². The van der Waals surface area contributed by atoms with Gasteiger partial charge >= 0.3 is 0 Å². The minimum Gasteiger partial charge on any atom is -0.357 e. The van der Waals surface area contributed by atoms with E-state index in [-0.39, 0.29) is 36.6 Å². The summed E-state index contributed by atoms with van der Waals surface area (Å²) in [5, 5.41) is 7.75. The number of rotatable bonds is 6. The van der Waals surface area contributed by atoms with Gasteiger partial charge in [-0.05, 0) is 77.4 Å². The Morgan fingerprint density at radius 3 is 2.52 bits per heavy atom. The predicted octanol–water partition coefficient (Wildman–Crippen LogP) is 4.91. The number of aromatic nitrogens is 1.